The van der Waals surface area contributed by atoms with E-state index in [9.17, 15) is 14.4 Å². The Labute approximate surface area is 276 Å². The van der Waals surface area contributed by atoms with Gasteiger partial charge in [-0.15, -0.1) is 0 Å². The molecular formula is C34H55N4O7P. The Kier molecular flexibility index (Phi) is 20.5. The second-order valence-electron chi connectivity index (χ2n) is 11.7. The van der Waals surface area contributed by atoms with Crippen LogP contribution in [0, 0.1) is 18.4 Å². The van der Waals surface area contributed by atoms with Crippen LogP contribution >= 0.6 is 8.38 Å². The van der Waals surface area contributed by atoms with Crippen LogP contribution in [-0.2, 0) is 23.3 Å². The molecule has 46 heavy (non-hydrogen) atoms. The first-order chi connectivity index (χ1) is 22.4. The smallest absolute Gasteiger partial charge is 0.330 e. The molecule has 1 amide bonds. The highest BCUT2D eigenvalue weighted by Gasteiger charge is 2.47. The first-order valence-electron chi connectivity index (χ1n) is 17.0. The van der Waals surface area contributed by atoms with Gasteiger partial charge in [-0.25, -0.2) is 11.4 Å². The van der Waals surface area contributed by atoms with E-state index in [-0.39, 0.29) is 37.3 Å². The number of hydrogen-bond acceptors (Lipinski definition) is 7. The van der Waals surface area contributed by atoms with E-state index in [1.807, 2.05) is 6.92 Å². The number of ether oxygens (including phenoxy) is 2. The average Bonchev–Trinajstić information content (AvgIpc) is 3.39. The predicted octanol–water partition coefficient (Wildman–Crippen LogP) is 6.07. The Hall–Kier alpha value is -2.53. The quantitative estimate of drug-likeness (QED) is 0.0631. The molecular weight excluding hydrogens is 607 g/mol. The van der Waals surface area contributed by atoms with Gasteiger partial charge in [0, 0.05) is 26.4 Å². The van der Waals surface area contributed by atoms with E-state index in [0.29, 0.717) is 12.8 Å². The summed E-state index contributed by atoms with van der Waals surface area (Å²) in [5.41, 5.74) is -1.21. The molecule has 1 saturated heterocycles. The third-order valence-electron chi connectivity index (χ3n) is 8.05. The highest BCUT2D eigenvalue weighted by atomic mass is 31.2. The van der Waals surface area contributed by atoms with E-state index in [2.05, 4.69) is 33.9 Å². The molecule has 1 aliphatic heterocycles. The Morgan fingerprint density at radius 3 is 2.26 bits per heavy atom. The number of hydrogen-bond donors (Lipinski definition) is 2. The van der Waals surface area contributed by atoms with Crippen LogP contribution in [0.25, 0.3) is 4.85 Å². The van der Waals surface area contributed by atoms with Gasteiger partial charge < -0.3 is 28.7 Å². The molecule has 0 aliphatic carbocycles. The van der Waals surface area contributed by atoms with Crippen LogP contribution in [0.4, 0.5) is 0 Å². The first kappa shape index (κ1) is 39.6. The molecule has 0 bridgehead atoms. The molecule has 0 saturated carbocycles. The van der Waals surface area contributed by atoms with Crippen LogP contribution in [0.2, 0.25) is 0 Å². The first-order valence-corrected chi connectivity index (χ1v) is 18.6. The summed E-state index contributed by atoms with van der Waals surface area (Å²) in [5.74, 6) is 5.52. The Balaban J connectivity index is 1.80. The molecule has 5 atom stereocenters. The van der Waals surface area contributed by atoms with Crippen LogP contribution < -0.4 is 16.6 Å². The maximum absolute atomic E-state index is 12.8. The molecule has 2 unspecified atom stereocenters. The lowest BCUT2D eigenvalue weighted by Gasteiger charge is -2.25. The largest absolute Gasteiger partial charge is 0.374 e. The number of carbonyl (C=O) groups is 1. The van der Waals surface area contributed by atoms with Gasteiger partial charge in [0.1, 0.15) is 24.4 Å². The van der Waals surface area contributed by atoms with E-state index < -0.39 is 38.1 Å². The second kappa shape index (κ2) is 23.7. The number of aromatic amines is 1. The summed E-state index contributed by atoms with van der Waals surface area (Å²) in [6.45, 7) is 13.5. The van der Waals surface area contributed by atoms with E-state index in [1.54, 1.807) is 6.66 Å². The summed E-state index contributed by atoms with van der Waals surface area (Å²) in [6, 6.07) is 0. The van der Waals surface area contributed by atoms with E-state index in [4.69, 9.17) is 25.1 Å². The number of aromatic nitrogens is 2. The van der Waals surface area contributed by atoms with Crippen molar-refractivity contribution in [3.05, 3.63) is 44.0 Å². The molecule has 2 rings (SSSR count). The highest BCUT2D eigenvalue weighted by molar-refractivity contribution is 7.46. The Bertz CT molecular complexity index is 1230. The number of amides is 1. The van der Waals surface area contributed by atoms with E-state index in [1.165, 1.54) is 82.1 Å². The van der Waals surface area contributed by atoms with Crippen LogP contribution in [0.5, 0.6) is 0 Å². The van der Waals surface area contributed by atoms with Gasteiger partial charge in [0.2, 0.25) is 12.5 Å². The van der Waals surface area contributed by atoms with Crippen LogP contribution in [0.1, 0.15) is 122 Å². The molecule has 2 N–H and O–H groups in total. The van der Waals surface area contributed by atoms with Gasteiger partial charge in [-0.05, 0) is 12.8 Å². The fourth-order valence-corrected chi connectivity index (χ4v) is 6.49. The molecule has 0 aromatic carbocycles. The summed E-state index contributed by atoms with van der Waals surface area (Å²) in [4.78, 5) is 43.1. The van der Waals surface area contributed by atoms with Gasteiger partial charge in [0.05, 0.1) is 12.6 Å². The van der Waals surface area contributed by atoms with Gasteiger partial charge in [0.15, 0.2) is 14.6 Å². The van der Waals surface area contributed by atoms with Crippen LogP contribution in [0.3, 0.4) is 0 Å². The number of nitrogens with zero attached hydrogens (tertiary/aromatic N) is 2. The summed E-state index contributed by atoms with van der Waals surface area (Å²) in [6.07, 6.45) is 16.3. The SMILES string of the molecule is [C-]#[N+]CCOP(C)OC1[C@@H](CC)O[C@@H](n2cc(C#CCNC(=O)CCCCCCCCCCCCCCC)c(=O)[nH]c2=O)[C@H]1OC. The molecule has 0 spiro atoms. The lowest BCUT2D eigenvalue weighted by atomic mass is 10.0. The minimum absolute atomic E-state index is 0.0656. The zero-order chi connectivity index (χ0) is 33.6. The number of unbranched alkanes of at least 4 members (excludes halogenated alkanes) is 12. The number of methoxy groups -OCH3 is 1. The van der Waals surface area contributed by atoms with Gasteiger partial charge in [-0.1, -0.05) is 103 Å². The maximum atomic E-state index is 12.8. The summed E-state index contributed by atoms with van der Waals surface area (Å²) in [5, 5.41) is 2.79. The standard InChI is InChI=1S/C34H55N4O7P/c1-6-8-9-10-11-12-13-14-15-16-17-18-19-22-29(39)36-23-20-21-27-26-38(34(41)37-32(27)40)33-31(42-4)30(28(7-2)44-33)45-46(5)43-25-24-35-3/h26,28,30-31,33H,6-19,22-25H2,1-2,4-5H3,(H,36,39)(H,37,40,41)/t28-,30?,31+,33-,46?/m1/s1. The maximum Gasteiger partial charge on any atom is 0.330 e. The minimum atomic E-state index is -1.31. The van der Waals surface area contributed by atoms with Crippen molar-refractivity contribution in [3.8, 4) is 11.8 Å². The normalized spacial score (nSPS) is 19.7. The van der Waals surface area contributed by atoms with Crippen molar-refractivity contribution in [1.82, 2.24) is 14.9 Å². The molecule has 258 valence electrons. The van der Waals surface area contributed by atoms with E-state index in [0.717, 1.165) is 19.3 Å². The van der Waals surface area contributed by atoms with Crippen molar-refractivity contribution in [1.29, 1.82) is 0 Å². The van der Waals surface area contributed by atoms with Crippen LogP contribution in [0.15, 0.2) is 15.8 Å². The topological polar surface area (TPSA) is 125 Å². The lowest BCUT2D eigenvalue weighted by molar-refractivity contribution is -0.120. The van der Waals surface area contributed by atoms with Crippen LogP contribution in [-0.4, -0.2) is 67.2 Å². The Morgan fingerprint density at radius 1 is 1.04 bits per heavy atom. The van der Waals surface area contributed by atoms with Gasteiger partial charge in [-0.2, -0.15) is 0 Å². The van der Waals surface area contributed by atoms with Gasteiger partial charge >= 0.3 is 5.69 Å². The molecule has 1 fully saturated rings. The summed E-state index contributed by atoms with van der Waals surface area (Å²) in [7, 11) is 0.197. The molecule has 1 aromatic rings. The van der Waals surface area contributed by atoms with Crippen molar-refractivity contribution in [3.63, 3.8) is 0 Å². The molecule has 12 heteroatoms. The van der Waals surface area contributed by atoms with Gasteiger partial charge in [0.25, 0.3) is 5.56 Å². The Morgan fingerprint density at radius 2 is 1.67 bits per heavy atom. The zero-order valence-electron chi connectivity index (χ0n) is 28.3. The second-order valence-corrected chi connectivity index (χ2v) is 13.0. The van der Waals surface area contributed by atoms with Crippen molar-refractivity contribution in [2.45, 2.75) is 135 Å². The molecule has 2 heterocycles. The third-order valence-corrected chi connectivity index (χ3v) is 9.14. The molecule has 1 aromatic heterocycles. The van der Waals surface area contributed by atoms with Crippen molar-refractivity contribution < 1.29 is 23.3 Å². The van der Waals surface area contributed by atoms with Crippen molar-refractivity contribution in [2.24, 2.45) is 0 Å². The number of carbonyl (C=O) groups excluding carboxylic acids is 1. The van der Waals surface area contributed by atoms with Crippen molar-refractivity contribution >= 4 is 14.3 Å². The number of nitrogens with one attached hydrogen (secondary N) is 2. The molecule has 1 aliphatic rings. The minimum Gasteiger partial charge on any atom is -0.374 e. The predicted molar refractivity (Wildman–Crippen MR) is 182 cm³/mol. The monoisotopic (exact) mass is 662 g/mol. The molecule has 0 radical (unpaired) electrons. The van der Waals surface area contributed by atoms with Gasteiger partial charge in [-0.3, -0.25) is 19.1 Å². The fourth-order valence-electron chi connectivity index (χ4n) is 5.49. The zero-order valence-corrected chi connectivity index (χ0v) is 29.2. The van der Waals surface area contributed by atoms with Crippen molar-refractivity contribution in [2.75, 3.05) is 33.5 Å². The fraction of sp³-hybridized carbons (Fsp3) is 0.765. The highest BCUT2D eigenvalue weighted by Crippen LogP contribution is 2.43. The average molecular weight is 663 g/mol. The number of H-pyrrole nitrogens is 1. The molecule has 11 nitrogen and oxygen atoms in total. The summed E-state index contributed by atoms with van der Waals surface area (Å²) >= 11 is 0. The third kappa shape index (κ3) is 14.5. The number of rotatable bonds is 23. The summed E-state index contributed by atoms with van der Waals surface area (Å²) < 4.78 is 24.9. The van der Waals surface area contributed by atoms with E-state index >= 15 is 0 Å². The lowest BCUT2D eigenvalue weighted by Crippen LogP contribution is -2.40.